The zero-order valence-corrected chi connectivity index (χ0v) is 12.2. The number of aliphatic hydroxyl groups is 1. The molecule has 2 aliphatic rings. The number of amides is 1. The molecule has 0 radical (unpaired) electrons. The molecule has 1 aliphatic heterocycles. The Morgan fingerprint density at radius 1 is 1.21 bits per heavy atom. The van der Waals surface area contributed by atoms with Gasteiger partial charge in [0.15, 0.2) is 0 Å². The molecule has 1 saturated heterocycles. The molecule has 0 aromatic rings. The van der Waals surface area contributed by atoms with Crippen LogP contribution in [-0.2, 0) is 4.79 Å². The highest BCUT2D eigenvalue weighted by Crippen LogP contribution is 2.33. The fourth-order valence-electron chi connectivity index (χ4n) is 3.45. The topological polar surface area (TPSA) is 52.6 Å². The Bertz CT molecular complexity index is 285. The van der Waals surface area contributed by atoms with Gasteiger partial charge in [0, 0.05) is 24.5 Å². The second-order valence-electron chi connectivity index (χ2n) is 6.20. The first-order valence-electron chi connectivity index (χ1n) is 7.79. The maximum absolute atomic E-state index is 12.5. The predicted molar refractivity (Wildman–Crippen MR) is 75.9 cm³/mol. The minimum Gasteiger partial charge on any atom is -0.394 e. The Hall–Kier alpha value is -0.610. The van der Waals surface area contributed by atoms with Gasteiger partial charge >= 0.3 is 0 Å². The number of carbonyl (C=O) groups is 1. The third kappa shape index (κ3) is 3.48. The largest absolute Gasteiger partial charge is 0.394 e. The third-order valence-electron chi connectivity index (χ3n) is 5.04. The Kier molecular flexibility index (Phi) is 5.22. The van der Waals surface area contributed by atoms with Crippen molar-refractivity contribution in [3.05, 3.63) is 0 Å². The summed E-state index contributed by atoms with van der Waals surface area (Å²) in [5.41, 5.74) is -0.143. The van der Waals surface area contributed by atoms with Crippen LogP contribution in [0.15, 0.2) is 0 Å². The molecule has 110 valence electrons. The Morgan fingerprint density at radius 2 is 1.79 bits per heavy atom. The maximum atomic E-state index is 12.5. The van der Waals surface area contributed by atoms with Gasteiger partial charge in [-0.05, 0) is 45.6 Å². The van der Waals surface area contributed by atoms with Crippen molar-refractivity contribution < 1.29 is 9.90 Å². The summed E-state index contributed by atoms with van der Waals surface area (Å²) in [6.45, 7) is 2.08. The molecule has 0 unspecified atom stereocenters. The van der Waals surface area contributed by atoms with Crippen LogP contribution in [0.5, 0.6) is 0 Å². The van der Waals surface area contributed by atoms with Crippen molar-refractivity contribution in [2.75, 3.05) is 26.7 Å². The van der Waals surface area contributed by atoms with Crippen LogP contribution >= 0.6 is 0 Å². The molecule has 0 spiro atoms. The Morgan fingerprint density at radius 3 is 2.26 bits per heavy atom. The molecule has 2 rings (SSSR count). The van der Waals surface area contributed by atoms with Gasteiger partial charge in [0.1, 0.15) is 0 Å². The molecule has 4 nitrogen and oxygen atoms in total. The van der Waals surface area contributed by atoms with E-state index in [1.807, 2.05) is 7.05 Å². The van der Waals surface area contributed by atoms with Crippen molar-refractivity contribution in [3.63, 3.8) is 0 Å². The van der Waals surface area contributed by atoms with Crippen molar-refractivity contribution >= 4 is 5.91 Å². The number of likely N-dealkylation sites (N-methyl/N-ethyl adjacent to an activating group) is 1. The van der Waals surface area contributed by atoms with Gasteiger partial charge in [-0.3, -0.25) is 4.79 Å². The second-order valence-corrected chi connectivity index (χ2v) is 6.20. The normalized spacial score (nSPS) is 32.9. The van der Waals surface area contributed by atoms with Gasteiger partial charge in [0.2, 0.25) is 5.91 Å². The number of hydrogen-bond acceptors (Lipinski definition) is 3. The van der Waals surface area contributed by atoms with E-state index in [1.165, 1.54) is 12.8 Å². The molecule has 2 fully saturated rings. The summed E-state index contributed by atoms with van der Waals surface area (Å²) in [6, 6.07) is 0. The number of hydrogen-bond donors (Lipinski definition) is 2. The van der Waals surface area contributed by atoms with E-state index in [2.05, 4.69) is 10.2 Å². The SMILES string of the molecule is CNC1(CO)CCC(C(=O)N2CCCCCC2)CC1. The highest BCUT2D eigenvalue weighted by Gasteiger charge is 2.37. The van der Waals surface area contributed by atoms with Crippen molar-refractivity contribution in [1.82, 2.24) is 10.2 Å². The lowest BCUT2D eigenvalue weighted by atomic mass is 9.76. The number of rotatable bonds is 3. The molecule has 1 heterocycles. The van der Waals surface area contributed by atoms with E-state index in [0.29, 0.717) is 5.91 Å². The first kappa shape index (κ1) is 14.8. The van der Waals surface area contributed by atoms with E-state index in [4.69, 9.17) is 0 Å². The smallest absolute Gasteiger partial charge is 0.225 e. The monoisotopic (exact) mass is 268 g/mol. The van der Waals surface area contributed by atoms with Gasteiger partial charge < -0.3 is 15.3 Å². The highest BCUT2D eigenvalue weighted by molar-refractivity contribution is 5.79. The van der Waals surface area contributed by atoms with Crippen LogP contribution in [0.25, 0.3) is 0 Å². The van der Waals surface area contributed by atoms with Gasteiger partial charge in [-0.2, -0.15) is 0 Å². The summed E-state index contributed by atoms with van der Waals surface area (Å²) in [4.78, 5) is 14.6. The van der Waals surface area contributed by atoms with Crippen molar-refractivity contribution in [2.45, 2.75) is 56.9 Å². The van der Waals surface area contributed by atoms with Gasteiger partial charge in [-0.15, -0.1) is 0 Å². The molecular formula is C15H28N2O2. The fraction of sp³-hybridized carbons (Fsp3) is 0.933. The van der Waals surface area contributed by atoms with Gasteiger partial charge in [0.05, 0.1) is 6.61 Å². The Labute approximate surface area is 116 Å². The predicted octanol–water partition coefficient (Wildman–Crippen LogP) is 1.53. The van der Waals surface area contributed by atoms with E-state index in [0.717, 1.165) is 51.6 Å². The summed E-state index contributed by atoms with van der Waals surface area (Å²) in [5.74, 6) is 0.552. The van der Waals surface area contributed by atoms with E-state index >= 15 is 0 Å². The molecular weight excluding hydrogens is 240 g/mol. The number of nitrogens with zero attached hydrogens (tertiary/aromatic N) is 1. The first-order chi connectivity index (χ1) is 9.21. The summed E-state index contributed by atoms with van der Waals surface area (Å²) < 4.78 is 0. The molecule has 2 N–H and O–H groups in total. The molecule has 4 heteroatoms. The van der Waals surface area contributed by atoms with Crippen LogP contribution in [-0.4, -0.2) is 48.2 Å². The van der Waals surface area contributed by atoms with Crippen LogP contribution in [0.2, 0.25) is 0 Å². The molecule has 19 heavy (non-hydrogen) atoms. The summed E-state index contributed by atoms with van der Waals surface area (Å²) in [7, 11) is 1.91. The van der Waals surface area contributed by atoms with E-state index in [-0.39, 0.29) is 18.1 Å². The maximum Gasteiger partial charge on any atom is 0.225 e. The molecule has 1 aliphatic carbocycles. The molecule has 0 bridgehead atoms. The quantitative estimate of drug-likeness (QED) is 0.816. The minimum absolute atomic E-state index is 0.143. The molecule has 0 atom stereocenters. The molecule has 0 aromatic carbocycles. The lowest BCUT2D eigenvalue weighted by molar-refractivity contribution is -0.137. The number of likely N-dealkylation sites (tertiary alicyclic amines) is 1. The average molecular weight is 268 g/mol. The standard InChI is InChI=1S/C15H28N2O2/c1-16-15(12-18)8-6-13(7-9-15)14(19)17-10-4-2-3-5-11-17/h13,16,18H,2-12H2,1H3. The fourth-order valence-corrected chi connectivity index (χ4v) is 3.45. The van der Waals surface area contributed by atoms with Crippen LogP contribution in [0, 0.1) is 5.92 Å². The van der Waals surface area contributed by atoms with Crippen LogP contribution in [0.4, 0.5) is 0 Å². The Balaban J connectivity index is 1.88. The van der Waals surface area contributed by atoms with Gasteiger partial charge in [-0.25, -0.2) is 0 Å². The van der Waals surface area contributed by atoms with E-state index in [9.17, 15) is 9.90 Å². The number of carbonyl (C=O) groups excluding carboxylic acids is 1. The van der Waals surface area contributed by atoms with Crippen molar-refractivity contribution in [2.24, 2.45) is 5.92 Å². The lowest BCUT2D eigenvalue weighted by Crippen LogP contribution is -2.51. The molecule has 0 aromatic heterocycles. The zero-order valence-electron chi connectivity index (χ0n) is 12.2. The van der Waals surface area contributed by atoms with Gasteiger partial charge in [-0.1, -0.05) is 12.8 Å². The summed E-state index contributed by atoms with van der Waals surface area (Å²) >= 11 is 0. The number of nitrogens with one attached hydrogen (secondary N) is 1. The summed E-state index contributed by atoms with van der Waals surface area (Å²) in [5, 5.41) is 12.7. The third-order valence-corrected chi connectivity index (χ3v) is 5.04. The first-order valence-corrected chi connectivity index (χ1v) is 7.79. The van der Waals surface area contributed by atoms with Gasteiger partial charge in [0.25, 0.3) is 0 Å². The van der Waals surface area contributed by atoms with Crippen molar-refractivity contribution in [3.8, 4) is 0 Å². The number of aliphatic hydroxyl groups excluding tert-OH is 1. The van der Waals surface area contributed by atoms with Crippen LogP contribution in [0.1, 0.15) is 51.4 Å². The molecule has 1 saturated carbocycles. The average Bonchev–Trinajstić information content (AvgIpc) is 2.76. The van der Waals surface area contributed by atoms with Crippen LogP contribution < -0.4 is 5.32 Å². The molecule has 1 amide bonds. The zero-order chi connectivity index (χ0) is 13.7. The van der Waals surface area contributed by atoms with E-state index < -0.39 is 0 Å². The summed E-state index contributed by atoms with van der Waals surface area (Å²) in [6.07, 6.45) is 8.50. The van der Waals surface area contributed by atoms with Crippen molar-refractivity contribution in [1.29, 1.82) is 0 Å². The minimum atomic E-state index is -0.143. The van der Waals surface area contributed by atoms with E-state index in [1.54, 1.807) is 0 Å². The second kappa shape index (κ2) is 6.71. The highest BCUT2D eigenvalue weighted by atomic mass is 16.3. The lowest BCUT2D eigenvalue weighted by Gasteiger charge is -2.39. The van der Waals surface area contributed by atoms with Crippen LogP contribution in [0.3, 0.4) is 0 Å².